The van der Waals surface area contributed by atoms with Crippen molar-refractivity contribution >= 4 is 40.7 Å². The van der Waals surface area contributed by atoms with Crippen LogP contribution in [0, 0.1) is 5.92 Å². The van der Waals surface area contributed by atoms with Crippen LogP contribution in [-0.2, 0) is 9.59 Å². The molecule has 1 saturated carbocycles. The molecule has 0 heterocycles. The summed E-state index contributed by atoms with van der Waals surface area (Å²) in [4.78, 5) is 26.5. The maximum Gasteiger partial charge on any atom is 0.244 e. The number of hydrogen-bond acceptors (Lipinski definition) is 2. The van der Waals surface area contributed by atoms with Gasteiger partial charge in [-0.15, -0.1) is 0 Å². The highest BCUT2D eigenvalue weighted by atomic mass is 35.5. The van der Waals surface area contributed by atoms with Gasteiger partial charge in [0.2, 0.25) is 11.8 Å². The highest BCUT2D eigenvalue weighted by Gasteiger charge is 2.28. The molecule has 4 nitrogen and oxygen atoms in total. The van der Waals surface area contributed by atoms with Gasteiger partial charge in [-0.25, -0.2) is 0 Å². The van der Waals surface area contributed by atoms with E-state index in [1.165, 1.54) is 0 Å². The molecule has 1 aromatic carbocycles. The monoisotopic (exact) mass is 356 g/mol. The van der Waals surface area contributed by atoms with Crippen LogP contribution in [0.3, 0.4) is 0 Å². The van der Waals surface area contributed by atoms with Crippen molar-refractivity contribution in [3.63, 3.8) is 0 Å². The van der Waals surface area contributed by atoms with Crippen LogP contribution >= 0.6 is 23.2 Å². The first kappa shape index (κ1) is 18.1. The van der Waals surface area contributed by atoms with Crippen molar-refractivity contribution in [3.05, 3.63) is 28.2 Å². The molecule has 0 atom stereocenters. The van der Waals surface area contributed by atoms with E-state index in [2.05, 4.69) is 5.32 Å². The van der Waals surface area contributed by atoms with Crippen LogP contribution in [0.15, 0.2) is 18.2 Å². The SMILES string of the molecule is CCCN(CC(=O)Nc1cc(Cl)ccc1Cl)C(=O)C1CCCC1. The number of benzene rings is 1. The van der Waals surface area contributed by atoms with E-state index in [1.54, 1.807) is 23.1 Å². The molecule has 2 rings (SSSR count). The maximum atomic E-state index is 12.5. The van der Waals surface area contributed by atoms with Gasteiger partial charge in [0, 0.05) is 17.5 Å². The van der Waals surface area contributed by atoms with Gasteiger partial charge in [-0.3, -0.25) is 9.59 Å². The second kappa shape index (κ2) is 8.55. The number of halogens is 2. The van der Waals surface area contributed by atoms with Crippen LogP contribution in [0.4, 0.5) is 5.69 Å². The lowest BCUT2D eigenvalue weighted by Crippen LogP contribution is -2.41. The van der Waals surface area contributed by atoms with E-state index < -0.39 is 0 Å². The molecule has 2 amide bonds. The van der Waals surface area contributed by atoms with Gasteiger partial charge in [0.05, 0.1) is 17.3 Å². The minimum atomic E-state index is -0.256. The largest absolute Gasteiger partial charge is 0.333 e. The number of hydrogen-bond donors (Lipinski definition) is 1. The summed E-state index contributed by atoms with van der Waals surface area (Å²) in [5.41, 5.74) is 0.467. The van der Waals surface area contributed by atoms with E-state index in [-0.39, 0.29) is 24.3 Å². The highest BCUT2D eigenvalue weighted by molar-refractivity contribution is 6.35. The Morgan fingerprint density at radius 2 is 1.96 bits per heavy atom. The van der Waals surface area contributed by atoms with Crippen molar-refractivity contribution in [1.82, 2.24) is 4.90 Å². The Kier molecular flexibility index (Phi) is 6.72. The molecule has 0 spiro atoms. The fourth-order valence-electron chi connectivity index (χ4n) is 2.92. The summed E-state index contributed by atoms with van der Waals surface area (Å²) in [6.45, 7) is 2.64. The standard InChI is InChI=1S/C17H22Cl2N2O2/c1-2-9-21(17(23)12-5-3-4-6-12)11-16(22)20-15-10-13(18)7-8-14(15)19/h7-8,10,12H,2-6,9,11H2,1H3,(H,20,22). The molecule has 1 aromatic rings. The smallest absolute Gasteiger partial charge is 0.244 e. The lowest BCUT2D eigenvalue weighted by atomic mass is 10.1. The number of anilines is 1. The van der Waals surface area contributed by atoms with E-state index in [4.69, 9.17) is 23.2 Å². The molecule has 0 bridgehead atoms. The molecule has 0 radical (unpaired) electrons. The molecule has 0 saturated heterocycles. The fraction of sp³-hybridized carbons (Fsp3) is 0.529. The summed E-state index contributed by atoms with van der Waals surface area (Å²) in [7, 11) is 0. The Hall–Kier alpha value is -1.26. The normalized spacial score (nSPS) is 14.7. The summed E-state index contributed by atoms with van der Waals surface area (Å²) in [6, 6.07) is 4.89. The molecule has 126 valence electrons. The van der Waals surface area contributed by atoms with Crippen molar-refractivity contribution in [2.45, 2.75) is 39.0 Å². The lowest BCUT2D eigenvalue weighted by Gasteiger charge is -2.24. The van der Waals surface area contributed by atoms with E-state index in [9.17, 15) is 9.59 Å². The molecule has 23 heavy (non-hydrogen) atoms. The summed E-state index contributed by atoms with van der Waals surface area (Å²) in [5, 5.41) is 3.66. The third-order valence-corrected chi connectivity index (χ3v) is 4.61. The molecule has 1 N–H and O–H groups in total. The van der Waals surface area contributed by atoms with Gasteiger partial charge in [0.15, 0.2) is 0 Å². The van der Waals surface area contributed by atoms with Crippen LogP contribution < -0.4 is 5.32 Å². The first-order chi connectivity index (χ1) is 11.0. The van der Waals surface area contributed by atoms with Crippen molar-refractivity contribution in [2.75, 3.05) is 18.4 Å². The number of amides is 2. The zero-order chi connectivity index (χ0) is 16.8. The van der Waals surface area contributed by atoms with E-state index in [1.807, 2.05) is 6.92 Å². The van der Waals surface area contributed by atoms with Crippen molar-refractivity contribution in [2.24, 2.45) is 5.92 Å². The van der Waals surface area contributed by atoms with Crippen LogP contribution in [0.2, 0.25) is 10.0 Å². The van der Waals surface area contributed by atoms with Gasteiger partial charge in [-0.1, -0.05) is 43.0 Å². The van der Waals surface area contributed by atoms with Crippen molar-refractivity contribution in [1.29, 1.82) is 0 Å². The molecule has 1 aliphatic carbocycles. The zero-order valence-corrected chi connectivity index (χ0v) is 14.8. The Morgan fingerprint density at radius 3 is 2.61 bits per heavy atom. The van der Waals surface area contributed by atoms with Gasteiger partial charge in [0.1, 0.15) is 0 Å². The third-order valence-electron chi connectivity index (χ3n) is 4.05. The number of carbonyl (C=O) groups excluding carboxylic acids is 2. The van der Waals surface area contributed by atoms with E-state index >= 15 is 0 Å². The molecule has 0 aromatic heterocycles. The minimum Gasteiger partial charge on any atom is -0.333 e. The van der Waals surface area contributed by atoms with E-state index in [0.29, 0.717) is 22.3 Å². The Balaban J connectivity index is 1.99. The summed E-state index contributed by atoms with van der Waals surface area (Å²) in [6.07, 6.45) is 4.88. The van der Waals surface area contributed by atoms with Crippen molar-refractivity contribution in [3.8, 4) is 0 Å². The maximum absolute atomic E-state index is 12.5. The molecule has 1 aliphatic rings. The van der Waals surface area contributed by atoms with Crippen molar-refractivity contribution < 1.29 is 9.59 Å². The van der Waals surface area contributed by atoms with Gasteiger partial charge >= 0.3 is 0 Å². The van der Waals surface area contributed by atoms with Crippen LogP contribution in [0.25, 0.3) is 0 Å². The van der Waals surface area contributed by atoms with Crippen LogP contribution in [0.5, 0.6) is 0 Å². The molecule has 6 heteroatoms. The average molecular weight is 357 g/mol. The third kappa shape index (κ3) is 5.11. The number of nitrogens with zero attached hydrogens (tertiary/aromatic N) is 1. The quantitative estimate of drug-likeness (QED) is 0.822. The predicted octanol–water partition coefficient (Wildman–Crippen LogP) is 4.36. The highest BCUT2D eigenvalue weighted by Crippen LogP contribution is 2.27. The number of rotatable bonds is 6. The van der Waals surface area contributed by atoms with Gasteiger partial charge in [0.25, 0.3) is 0 Å². The summed E-state index contributed by atoms with van der Waals surface area (Å²) in [5.74, 6) is -0.0882. The summed E-state index contributed by atoms with van der Waals surface area (Å²) < 4.78 is 0. The Morgan fingerprint density at radius 1 is 1.26 bits per heavy atom. The topological polar surface area (TPSA) is 49.4 Å². The average Bonchev–Trinajstić information content (AvgIpc) is 3.04. The van der Waals surface area contributed by atoms with Crippen LogP contribution in [-0.4, -0.2) is 29.8 Å². The molecule has 0 aliphatic heterocycles. The first-order valence-electron chi connectivity index (χ1n) is 8.05. The van der Waals surface area contributed by atoms with Crippen LogP contribution in [0.1, 0.15) is 39.0 Å². The second-order valence-electron chi connectivity index (χ2n) is 5.91. The summed E-state index contributed by atoms with van der Waals surface area (Å²) >= 11 is 12.0. The Labute approximate surface area is 147 Å². The van der Waals surface area contributed by atoms with Gasteiger partial charge in [-0.05, 0) is 37.5 Å². The fourth-order valence-corrected chi connectivity index (χ4v) is 3.26. The van der Waals surface area contributed by atoms with E-state index in [0.717, 1.165) is 32.1 Å². The molecular formula is C17H22Cl2N2O2. The lowest BCUT2D eigenvalue weighted by molar-refractivity contribution is -0.138. The molecule has 1 fully saturated rings. The number of nitrogens with one attached hydrogen (secondary N) is 1. The predicted molar refractivity (Wildman–Crippen MR) is 93.9 cm³/mol. The second-order valence-corrected chi connectivity index (χ2v) is 6.76. The zero-order valence-electron chi connectivity index (χ0n) is 13.3. The number of carbonyl (C=O) groups is 2. The van der Waals surface area contributed by atoms with Gasteiger partial charge < -0.3 is 10.2 Å². The minimum absolute atomic E-state index is 0.0476. The van der Waals surface area contributed by atoms with Gasteiger partial charge in [-0.2, -0.15) is 0 Å². The molecular weight excluding hydrogens is 335 g/mol. The Bertz CT molecular complexity index is 572. The first-order valence-corrected chi connectivity index (χ1v) is 8.80. The molecule has 0 unspecified atom stereocenters.